The molecular formula is C18H20F3N3O2. The Morgan fingerprint density at radius 1 is 1.31 bits per heavy atom. The van der Waals surface area contributed by atoms with Crippen molar-refractivity contribution in [1.82, 2.24) is 15.1 Å². The maximum atomic E-state index is 13.2. The lowest BCUT2D eigenvalue weighted by Gasteiger charge is -2.15. The number of rotatable bonds is 5. The molecule has 1 aromatic carbocycles. The van der Waals surface area contributed by atoms with E-state index in [4.69, 9.17) is 4.74 Å². The molecule has 0 fully saturated rings. The van der Waals surface area contributed by atoms with Crippen LogP contribution in [0.3, 0.4) is 0 Å². The minimum absolute atomic E-state index is 0.196. The number of hydrogen-bond donors (Lipinski definition) is 1. The summed E-state index contributed by atoms with van der Waals surface area (Å²) in [5.74, 6) is 0.259. The van der Waals surface area contributed by atoms with E-state index < -0.39 is 11.9 Å². The maximum Gasteiger partial charge on any atom is 0.435 e. The number of carbonyl (C=O) groups is 1. The summed E-state index contributed by atoms with van der Waals surface area (Å²) < 4.78 is 46.0. The van der Waals surface area contributed by atoms with Crippen LogP contribution < -0.4 is 10.1 Å². The van der Waals surface area contributed by atoms with E-state index in [9.17, 15) is 18.0 Å². The van der Waals surface area contributed by atoms with E-state index in [1.807, 2.05) is 0 Å². The molecule has 0 atom stereocenters. The highest BCUT2D eigenvalue weighted by molar-refractivity contribution is 5.94. The quantitative estimate of drug-likeness (QED) is 0.883. The molecule has 1 aliphatic rings. The van der Waals surface area contributed by atoms with Gasteiger partial charge in [0.15, 0.2) is 5.69 Å². The summed E-state index contributed by atoms with van der Waals surface area (Å²) in [6.45, 7) is 0.398. The van der Waals surface area contributed by atoms with Crippen LogP contribution in [0.5, 0.6) is 5.75 Å². The highest BCUT2D eigenvalue weighted by Crippen LogP contribution is 2.35. The topological polar surface area (TPSA) is 56.1 Å². The lowest BCUT2D eigenvalue weighted by Crippen LogP contribution is -2.28. The second-order valence-corrected chi connectivity index (χ2v) is 6.19. The van der Waals surface area contributed by atoms with Crippen LogP contribution in [0.25, 0.3) is 0 Å². The first-order chi connectivity index (χ1) is 12.4. The average Bonchev–Trinajstić information content (AvgIpc) is 3.01. The van der Waals surface area contributed by atoms with Crippen LogP contribution in [-0.4, -0.2) is 29.3 Å². The Balaban J connectivity index is 1.68. The van der Waals surface area contributed by atoms with E-state index >= 15 is 0 Å². The van der Waals surface area contributed by atoms with E-state index in [2.05, 4.69) is 10.4 Å². The van der Waals surface area contributed by atoms with Crippen LogP contribution in [0.1, 0.15) is 40.2 Å². The summed E-state index contributed by atoms with van der Waals surface area (Å²) in [6, 6.07) is 6.68. The monoisotopic (exact) mass is 367 g/mol. The average molecular weight is 367 g/mol. The molecule has 0 saturated carbocycles. The lowest BCUT2D eigenvalue weighted by atomic mass is 9.95. The zero-order chi connectivity index (χ0) is 18.7. The summed E-state index contributed by atoms with van der Waals surface area (Å²) in [6.07, 6.45) is -1.86. The molecule has 2 aromatic rings. The number of amides is 1. The molecule has 5 nitrogen and oxygen atoms in total. The van der Waals surface area contributed by atoms with Crippen molar-refractivity contribution in [2.24, 2.45) is 0 Å². The number of hydrogen-bond acceptors (Lipinski definition) is 3. The molecule has 1 heterocycles. The predicted octanol–water partition coefficient (Wildman–Crippen LogP) is 3.22. The van der Waals surface area contributed by atoms with Gasteiger partial charge in [-0.1, -0.05) is 6.07 Å². The standard InChI is InChI=1S/C18H20F3N3O2/c1-26-13-6-4-5-12(11-13)17(25)22-9-10-24-15-8-3-2-7-14(15)16(23-24)18(19,20)21/h4-6,11H,2-3,7-10H2,1H3,(H,22,25). The van der Waals surface area contributed by atoms with E-state index in [-0.39, 0.29) is 19.0 Å². The maximum absolute atomic E-state index is 13.2. The Kier molecular flexibility index (Phi) is 5.20. The first-order valence-electron chi connectivity index (χ1n) is 8.48. The molecule has 0 aliphatic heterocycles. The summed E-state index contributed by atoms with van der Waals surface area (Å²) in [5, 5.41) is 6.50. The fourth-order valence-corrected chi connectivity index (χ4v) is 3.23. The molecule has 0 saturated heterocycles. The molecule has 1 aliphatic carbocycles. The third-order valence-electron chi connectivity index (χ3n) is 4.47. The van der Waals surface area contributed by atoms with Crippen molar-refractivity contribution in [3.8, 4) is 5.75 Å². The van der Waals surface area contributed by atoms with E-state index in [1.54, 1.807) is 24.3 Å². The first kappa shape index (κ1) is 18.3. The molecule has 0 bridgehead atoms. The predicted molar refractivity (Wildman–Crippen MR) is 89.2 cm³/mol. The molecule has 0 spiro atoms. The number of nitrogens with zero attached hydrogens (tertiary/aromatic N) is 2. The summed E-state index contributed by atoms with van der Waals surface area (Å²) in [7, 11) is 1.51. The van der Waals surface area contributed by atoms with Crippen molar-refractivity contribution in [3.05, 3.63) is 46.8 Å². The van der Waals surface area contributed by atoms with Crippen LogP contribution in [0.4, 0.5) is 13.2 Å². The van der Waals surface area contributed by atoms with Crippen molar-refractivity contribution in [3.63, 3.8) is 0 Å². The van der Waals surface area contributed by atoms with E-state index in [0.717, 1.165) is 12.8 Å². The van der Waals surface area contributed by atoms with Gasteiger partial charge in [-0.15, -0.1) is 0 Å². The normalized spacial score (nSPS) is 14.0. The lowest BCUT2D eigenvalue weighted by molar-refractivity contribution is -0.142. The smallest absolute Gasteiger partial charge is 0.435 e. The number of aromatic nitrogens is 2. The highest BCUT2D eigenvalue weighted by Gasteiger charge is 2.39. The van der Waals surface area contributed by atoms with Crippen LogP contribution in [0, 0.1) is 0 Å². The highest BCUT2D eigenvalue weighted by atomic mass is 19.4. The number of fused-ring (bicyclic) bond motifs is 1. The number of alkyl halides is 3. The van der Waals surface area contributed by atoms with Gasteiger partial charge in [0.05, 0.1) is 13.7 Å². The molecular weight excluding hydrogens is 347 g/mol. The Bertz CT molecular complexity index is 799. The second kappa shape index (κ2) is 7.39. The van der Waals surface area contributed by atoms with E-state index in [0.29, 0.717) is 35.4 Å². The molecule has 3 rings (SSSR count). The third-order valence-corrected chi connectivity index (χ3v) is 4.47. The third kappa shape index (κ3) is 3.84. The number of halogens is 3. The molecule has 1 amide bonds. The molecule has 140 valence electrons. The van der Waals surface area contributed by atoms with Gasteiger partial charge < -0.3 is 10.1 Å². The molecule has 0 unspecified atom stereocenters. The SMILES string of the molecule is COc1cccc(C(=O)NCCn2nc(C(F)(F)F)c3c2CCCC3)c1. The van der Waals surface area contributed by atoms with Gasteiger partial charge in [-0.2, -0.15) is 18.3 Å². The van der Waals surface area contributed by atoms with Crippen LogP contribution in [0.15, 0.2) is 24.3 Å². The van der Waals surface area contributed by atoms with Crippen molar-refractivity contribution in [2.45, 2.75) is 38.4 Å². The van der Waals surface area contributed by atoms with Gasteiger partial charge in [-0.05, 0) is 43.9 Å². The van der Waals surface area contributed by atoms with Gasteiger partial charge in [0.2, 0.25) is 0 Å². The number of methoxy groups -OCH3 is 1. The minimum atomic E-state index is -4.45. The number of carbonyl (C=O) groups excluding carboxylic acids is 1. The molecule has 1 aromatic heterocycles. The van der Waals surface area contributed by atoms with E-state index in [1.165, 1.54) is 11.8 Å². The van der Waals surface area contributed by atoms with Gasteiger partial charge in [0.25, 0.3) is 5.91 Å². The fourth-order valence-electron chi connectivity index (χ4n) is 3.23. The Morgan fingerprint density at radius 3 is 2.81 bits per heavy atom. The minimum Gasteiger partial charge on any atom is -0.497 e. The zero-order valence-electron chi connectivity index (χ0n) is 14.4. The van der Waals surface area contributed by atoms with Crippen molar-refractivity contribution >= 4 is 5.91 Å². The van der Waals surface area contributed by atoms with Crippen molar-refractivity contribution in [2.75, 3.05) is 13.7 Å². The van der Waals surface area contributed by atoms with Crippen LogP contribution in [0.2, 0.25) is 0 Å². The zero-order valence-corrected chi connectivity index (χ0v) is 14.4. The molecule has 0 radical (unpaired) electrons. The largest absolute Gasteiger partial charge is 0.497 e. The Hall–Kier alpha value is -2.51. The summed E-state index contributed by atoms with van der Waals surface area (Å²) in [5.41, 5.74) is 0.594. The Morgan fingerprint density at radius 2 is 2.08 bits per heavy atom. The second-order valence-electron chi connectivity index (χ2n) is 6.19. The number of ether oxygens (including phenoxy) is 1. The van der Waals surface area contributed by atoms with Gasteiger partial charge >= 0.3 is 6.18 Å². The van der Waals surface area contributed by atoms with Crippen LogP contribution >= 0.6 is 0 Å². The Labute approximate surface area is 149 Å². The fraction of sp³-hybridized carbons (Fsp3) is 0.444. The molecule has 26 heavy (non-hydrogen) atoms. The first-order valence-corrected chi connectivity index (χ1v) is 8.48. The van der Waals surface area contributed by atoms with Gasteiger partial charge in [0, 0.05) is 23.4 Å². The van der Waals surface area contributed by atoms with Crippen molar-refractivity contribution < 1.29 is 22.7 Å². The number of benzene rings is 1. The summed E-state index contributed by atoms with van der Waals surface area (Å²) >= 11 is 0. The van der Waals surface area contributed by atoms with Crippen molar-refractivity contribution in [1.29, 1.82) is 0 Å². The summed E-state index contributed by atoms with van der Waals surface area (Å²) in [4.78, 5) is 12.2. The molecule has 8 heteroatoms. The van der Waals surface area contributed by atoms with Crippen LogP contribution in [-0.2, 0) is 25.6 Å². The number of nitrogens with one attached hydrogen (secondary N) is 1. The van der Waals surface area contributed by atoms with Gasteiger partial charge in [0.1, 0.15) is 5.75 Å². The van der Waals surface area contributed by atoms with Gasteiger partial charge in [-0.3, -0.25) is 9.48 Å². The van der Waals surface area contributed by atoms with Gasteiger partial charge in [-0.25, -0.2) is 0 Å². The molecule has 1 N–H and O–H groups in total.